The second-order valence-corrected chi connectivity index (χ2v) is 5.59. The number of nitrogens with zero attached hydrogens (tertiary/aromatic N) is 4. The molecule has 0 saturated heterocycles. The van der Waals surface area contributed by atoms with Crippen LogP contribution in [0.3, 0.4) is 0 Å². The van der Waals surface area contributed by atoms with E-state index in [4.69, 9.17) is 17.3 Å². The van der Waals surface area contributed by atoms with E-state index in [9.17, 15) is 0 Å². The number of pyridine rings is 1. The van der Waals surface area contributed by atoms with Crippen LogP contribution in [0.5, 0.6) is 0 Å². The van der Waals surface area contributed by atoms with Gasteiger partial charge in [-0.05, 0) is 19.1 Å². The van der Waals surface area contributed by atoms with E-state index in [1.807, 2.05) is 6.92 Å². The van der Waals surface area contributed by atoms with Gasteiger partial charge in [0.2, 0.25) is 5.95 Å². The lowest BCUT2D eigenvalue weighted by atomic mass is 10.2. The van der Waals surface area contributed by atoms with Gasteiger partial charge in [0.1, 0.15) is 0 Å². The van der Waals surface area contributed by atoms with Gasteiger partial charge in [-0.25, -0.2) is 19.9 Å². The fraction of sp³-hybridized carbons (Fsp3) is 0.0769. The van der Waals surface area contributed by atoms with E-state index >= 15 is 0 Å². The summed E-state index contributed by atoms with van der Waals surface area (Å²) in [5.74, 6) is 0.506. The monoisotopic (exact) mass is 318 g/mol. The fourth-order valence-electron chi connectivity index (χ4n) is 1.77. The SMILES string of the molecule is Cc1nc(Nc2ncccn2)sc1-c1cnc(Cl)c(N)c1. The van der Waals surface area contributed by atoms with Crippen LogP contribution in [0.1, 0.15) is 5.69 Å². The van der Waals surface area contributed by atoms with E-state index in [-0.39, 0.29) is 0 Å². The molecule has 6 nitrogen and oxygen atoms in total. The molecule has 0 aliphatic heterocycles. The number of nitrogens with two attached hydrogens (primary N) is 1. The summed E-state index contributed by atoms with van der Waals surface area (Å²) in [5, 5.41) is 4.08. The summed E-state index contributed by atoms with van der Waals surface area (Å²) in [7, 11) is 0. The zero-order valence-corrected chi connectivity index (χ0v) is 12.6. The summed E-state index contributed by atoms with van der Waals surface area (Å²) in [5.41, 5.74) is 8.00. The highest BCUT2D eigenvalue weighted by molar-refractivity contribution is 7.19. The largest absolute Gasteiger partial charge is 0.396 e. The number of aromatic nitrogens is 4. The molecule has 0 fully saturated rings. The van der Waals surface area contributed by atoms with Gasteiger partial charge in [0.05, 0.1) is 16.3 Å². The normalized spacial score (nSPS) is 10.6. The first-order valence-electron chi connectivity index (χ1n) is 6.06. The van der Waals surface area contributed by atoms with Crippen LogP contribution in [0.25, 0.3) is 10.4 Å². The summed E-state index contributed by atoms with van der Waals surface area (Å²) in [6, 6.07) is 3.55. The number of aryl methyl sites for hydroxylation is 1. The number of anilines is 3. The molecule has 3 N–H and O–H groups in total. The van der Waals surface area contributed by atoms with Crippen molar-refractivity contribution in [3.8, 4) is 10.4 Å². The van der Waals surface area contributed by atoms with Gasteiger partial charge in [0, 0.05) is 24.2 Å². The Kier molecular flexibility index (Phi) is 3.68. The van der Waals surface area contributed by atoms with Crippen LogP contribution in [0, 0.1) is 6.92 Å². The first-order chi connectivity index (χ1) is 10.1. The van der Waals surface area contributed by atoms with E-state index in [0.717, 1.165) is 16.1 Å². The maximum atomic E-state index is 5.84. The van der Waals surface area contributed by atoms with E-state index < -0.39 is 0 Å². The summed E-state index contributed by atoms with van der Waals surface area (Å²) in [6.45, 7) is 1.92. The topological polar surface area (TPSA) is 89.6 Å². The molecule has 3 heterocycles. The number of hydrogen-bond acceptors (Lipinski definition) is 7. The number of nitrogen functional groups attached to an aromatic ring is 1. The van der Waals surface area contributed by atoms with Gasteiger partial charge in [-0.2, -0.15) is 0 Å². The minimum Gasteiger partial charge on any atom is -0.396 e. The van der Waals surface area contributed by atoms with Gasteiger partial charge in [-0.1, -0.05) is 22.9 Å². The van der Waals surface area contributed by atoms with Crippen LogP contribution in [0.4, 0.5) is 16.8 Å². The highest BCUT2D eigenvalue weighted by atomic mass is 35.5. The number of rotatable bonds is 3. The molecule has 21 heavy (non-hydrogen) atoms. The Balaban J connectivity index is 1.92. The van der Waals surface area contributed by atoms with Gasteiger partial charge in [0.15, 0.2) is 10.3 Å². The van der Waals surface area contributed by atoms with Crippen LogP contribution in [0.15, 0.2) is 30.7 Å². The highest BCUT2D eigenvalue weighted by Crippen LogP contribution is 2.34. The van der Waals surface area contributed by atoms with Crippen molar-refractivity contribution in [1.82, 2.24) is 19.9 Å². The molecule has 0 saturated carbocycles. The van der Waals surface area contributed by atoms with Crippen LogP contribution in [0.2, 0.25) is 5.15 Å². The van der Waals surface area contributed by atoms with Crippen molar-refractivity contribution < 1.29 is 0 Å². The van der Waals surface area contributed by atoms with Crippen LogP contribution in [-0.4, -0.2) is 19.9 Å². The zero-order chi connectivity index (χ0) is 14.8. The Morgan fingerprint density at radius 3 is 2.71 bits per heavy atom. The lowest BCUT2D eigenvalue weighted by Gasteiger charge is -2.01. The van der Waals surface area contributed by atoms with Crippen molar-refractivity contribution in [2.45, 2.75) is 6.92 Å². The lowest BCUT2D eigenvalue weighted by Crippen LogP contribution is -1.94. The Hall–Kier alpha value is -2.25. The molecular formula is C13H11ClN6S. The van der Waals surface area contributed by atoms with Crippen molar-refractivity contribution in [2.75, 3.05) is 11.1 Å². The van der Waals surface area contributed by atoms with Crippen LogP contribution < -0.4 is 11.1 Å². The smallest absolute Gasteiger partial charge is 0.228 e. The molecule has 3 rings (SSSR count). The van der Waals surface area contributed by atoms with Crippen molar-refractivity contribution in [3.63, 3.8) is 0 Å². The van der Waals surface area contributed by atoms with Crippen molar-refractivity contribution in [3.05, 3.63) is 41.6 Å². The Bertz CT molecular complexity index is 774. The zero-order valence-electron chi connectivity index (χ0n) is 11.0. The van der Waals surface area contributed by atoms with E-state index in [2.05, 4.69) is 25.3 Å². The predicted octanol–water partition coefficient (Wildman–Crippen LogP) is 3.28. The second kappa shape index (κ2) is 5.63. The molecule has 3 aromatic rings. The molecule has 106 valence electrons. The van der Waals surface area contributed by atoms with Gasteiger partial charge >= 0.3 is 0 Å². The van der Waals surface area contributed by atoms with Gasteiger partial charge in [-0.3, -0.25) is 0 Å². The maximum absolute atomic E-state index is 5.84. The predicted molar refractivity (Wildman–Crippen MR) is 84.8 cm³/mol. The number of nitrogens with one attached hydrogen (secondary N) is 1. The van der Waals surface area contributed by atoms with Gasteiger partial charge in [0.25, 0.3) is 0 Å². The average molecular weight is 319 g/mol. The summed E-state index contributed by atoms with van der Waals surface area (Å²) >= 11 is 7.32. The second-order valence-electron chi connectivity index (χ2n) is 4.23. The molecule has 0 aromatic carbocycles. The van der Waals surface area contributed by atoms with E-state index in [1.165, 1.54) is 11.3 Å². The van der Waals surface area contributed by atoms with E-state index in [1.54, 1.807) is 30.7 Å². The first kappa shape index (κ1) is 13.7. The van der Waals surface area contributed by atoms with Gasteiger partial charge in [-0.15, -0.1) is 0 Å². The molecule has 0 unspecified atom stereocenters. The Labute approximate surface area is 130 Å². The van der Waals surface area contributed by atoms with Crippen molar-refractivity contribution in [2.24, 2.45) is 0 Å². The quantitative estimate of drug-likeness (QED) is 0.720. The van der Waals surface area contributed by atoms with Crippen LogP contribution in [-0.2, 0) is 0 Å². The molecule has 3 aromatic heterocycles. The first-order valence-corrected chi connectivity index (χ1v) is 7.26. The van der Waals surface area contributed by atoms with Crippen molar-refractivity contribution >= 4 is 39.7 Å². The molecule has 0 atom stereocenters. The summed E-state index contributed by atoms with van der Waals surface area (Å²) < 4.78 is 0. The highest BCUT2D eigenvalue weighted by Gasteiger charge is 2.12. The molecule has 8 heteroatoms. The molecule has 0 bridgehead atoms. The number of thiazole rings is 1. The van der Waals surface area contributed by atoms with Crippen molar-refractivity contribution in [1.29, 1.82) is 0 Å². The summed E-state index contributed by atoms with van der Waals surface area (Å²) in [4.78, 5) is 17.7. The third-order valence-electron chi connectivity index (χ3n) is 2.71. The molecule has 0 aliphatic carbocycles. The molecule has 0 amide bonds. The minimum atomic E-state index is 0.303. The minimum absolute atomic E-state index is 0.303. The fourth-order valence-corrected chi connectivity index (χ4v) is 2.81. The number of hydrogen-bond donors (Lipinski definition) is 2. The molecule has 0 aliphatic rings. The number of halogens is 1. The molecular weight excluding hydrogens is 308 g/mol. The standard InChI is InChI=1S/C13H11ClN6S/c1-7-10(8-5-9(15)11(14)18-6-8)21-13(19-7)20-12-16-3-2-4-17-12/h2-6H,15H2,1H3,(H,16,17,19,20). The van der Waals surface area contributed by atoms with Crippen LogP contribution >= 0.6 is 22.9 Å². The third-order valence-corrected chi connectivity index (χ3v) is 4.15. The van der Waals surface area contributed by atoms with Gasteiger partial charge < -0.3 is 11.1 Å². The Morgan fingerprint density at radius 1 is 1.24 bits per heavy atom. The molecule has 0 spiro atoms. The summed E-state index contributed by atoms with van der Waals surface area (Å²) in [6.07, 6.45) is 5.02. The lowest BCUT2D eigenvalue weighted by molar-refractivity contribution is 1.15. The maximum Gasteiger partial charge on any atom is 0.228 e. The molecule has 0 radical (unpaired) electrons. The van der Waals surface area contributed by atoms with E-state index in [0.29, 0.717) is 21.9 Å². The Morgan fingerprint density at radius 2 is 2.00 bits per heavy atom. The third kappa shape index (κ3) is 2.93. The average Bonchev–Trinajstić information content (AvgIpc) is 2.84.